The van der Waals surface area contributed by atoms with Crippen molar-refractivity contribution in [2.24, 2.45) is 0 Å². The molecule has 0 aromatic rings. The molecule has 0 spiro atoms. The lowest BCUT2D eigenvalue weighted by molar-refractivity contribution is -0.153. The van der Waals surface area contributed by atoms with Gasteiger partial charge in [-0.15, -0.1) is 0 Å². The number of thiocarbonyl (C=S) groups is 1. The van der Waals surface area contributed by atoms with Crippen LogP contribution in [0.15, 0.2) is 0 Å². The Balaban J connectivity index is 2.68. The van der Waals surface area contributed by atoms with Crippen molar-refractivity contribution in [1.29, 1.82) is 0 Å². The fourth-order valence-corrected chi connectivity index (χ4v) is 1.84. The molecule has 1 rings (SSSR count). The van der Waals surface area contributed by atoms with Crippen molar-refractivity contribution in [3.63, 3.8) is 0 Å². The first-order valence-electron chi connectivity index (χ1n) is 5.84. The second-order valence-electron chi connectivity index (χ2n) is 3.87. The van der Waals surface area contributed by atoms with Crippen molar-refractivity contribution < 1.29 is 14.4 Å². The molecule has 18 heavy (non-hydrogen) atoms. The van der Waals surface area contributed by atoms with E-state index in [1.165, 1.54) is 4.90 Å². The Morgan fingerprint density at radius 2 is 2.06 bits per heavy atom. The number of imide groups is 1. The molecule has 0 saturated carbocycles. The number of hydrogen-bond donors (Lipinski definition) is 1. The average Bonchev–Trinajstić information content (AvgIpc) is 2.38. The second-order valence-corrected chi connectivity index (χ2v) is 4.11. The summed E-state index contributed by atoms with van der Waals surface area (Å²) >= 11 is 4.64. The molecular formula is C11H16N3O3S. The lowest BCUT2D eigenvalue weighted by atomic mass is 10.2. The highest BCUT2D eigenvalue weighted by molar-refractivity contribution is 7.79. The Morgan fingerprint density at radius 1 is 1.39 bits per heavy atom. The molecule has 0 bridgehead atoms. The van der Waals surface area contributed by atoms with Gasteiger partial charge in [0.15, 0.2) is 0 Å². The van der Waals surface area contributed by atoms with Gasteiger partial charge in [-0.1, -0.05) is 19.1 Å². The predicted octanol–water partition coefficient (Wildman–Crippen LogP) is 0.0420. The first kappa shape index (κ1) is 14.6. The fraction of sp³-hybridized carbons (Fsp3) is 0.636. The highest BCUT2D eigenvalue weighted by Gasteiger charge is 2.35. The van der Waals surface area contributed by atoms with Crippen molar-refractivity contribution in [1.82, 2.24) is 15.1 Å². The lowest BCUT2D eigenvalue weighted by Gasteiger charge is -2.32. The molecular weight excluding hydrogens is 254 g/mol. The van der Waals surface area contributed by atoms with E-state index in [0.717, 1.165) is 4.90 Å². The van der Waals surface area contributed by atoms with Crippen molar-refractivity contribution >= 4 is 35.4 Å². The Bertz CT molecular complexity index is 373. The second kappa shape index (κ2) is 6.44. The average molecular weight is 270 g/mol. The molecule has 0 aromatic carbocycles. The van der Waals surface area contributed by atoms with Gasteiger partial charge in [-0.2, -0.15) is 0 Å². The molecule has 1 unspecified atom stereocenters. The fourth-order valence-electron chi connectivity index (χ4n) is 1.61. The normalized spacial score (nSPS) is 17.7. The van der Waals surface area contributed by atoms with Crippen molar-refractivity contribution in [2.75, 3.05) is 19.6 Å². The standard InChI is InChI=1S/C11H16N3O3S/c1-3-8(7-18)12-11(17)14-6-5-13(4-2)9(15)10(14)16/h8H,3-6H2,1-2H3,(H,12,17). The number of rotatable bonds is 4. The van der Waals surface area contributed by atoms with Gasteiger partial charge >= 0.3 is 17.8 Å². The van der Waals surface area contributed by atoms with Crippen LogP contribution in [-0.4, -0.2) is 58.7 Å². The van der Waals surface area contributed by atoms with E-state index in [9.17, 15) is 14.4 Å². The topological polar surface area (TPSA) is 69.7 Å². The zero-order chi connectivity index (χ0) is 13.7. The van der Waals surface area contributed by atoms with Crippen LogP contribution < -0.4 is 5.32 Å². The van der Waals surface area contributed by atoms with Crippen LogP contribution in [0, 0.1) is 0 Å². The molecule has 1 aliphatic rings. The summed E-state index contributed by atoms with van der Waals surface area (Å²) in [6.07, 6.45) is 0.590. The minimum atomic E-state index is -0.792. The van der Waals surface area contributed by atoms with Gasteiger partial charge in [-0.05, 0) is 13.3 Å². The van der Waals surface area contributed by atoms with Gasteiger partial charge in [0.05, 0.1) is 11.4 Å². The molecule has 1 saturated heterocycles. The van der Waals surface area contributed by atoms with Gasteiger partial charge in [0, 0.05) is 19.6 Å². The van der Waals surface area contributed by atoms with Gasteiger partial charge in [-0.25, -0.2) is 4.79 Å². The van der Waals surface area contributed by atoms with Gasteiger partial charge in [0.1, 0.15) is 0 Å². The minimum absolute atomic E-state index is 0.206. The summed E-state index contributed by atoms with van der Waals surface area (Å²) < 4.78 is 0. The lowest BCUT2D eigenvalue weighted by Crippen LogP contribution is -2.59. The van der Waals surface area contributed by atoms with Crippen LogP contribution in [-0.2, 0) is 9.59 Å². The molecule has 0 aromatic heterocycles. The molecule has 1 fully saturated rings. The largest absolute Gasteiger partial charge is 0.333 e. The highest BCUT2D eigenvalue weighted by atomic mass is 32.1. The number of hydrogen-bond acceptors (Lipinski definition) is 4. The molecule has 0 aliphatic carbocycles. The summed E-state index contributed by atoms with van der Waals surface area (Å²) in [5.41, 5.74) is 0. The molecule has 1 atom stereocenters. The van der Waals surface area contributed by atoms with Crippen LogP contribution in [0.3, 0.4) is 0 Å². The number of nitrogens with zero attached hydrogens (tertiary/aromatic N) is 2. The summed E-state index contributed by atoms with van der Waals surface area (Å²) in [6.45, 7) is 4.66. The summed E-state index contributed by atoms with van der Waals surface area (Å²) in [6, 6.07) is -0.979. The first-order valence-corrected chi connectivity index (χ1v) is 6.24. The summed E-state index contributed by atoms with van der Waals surface area (Å²) in [5.74, 6) is -1.43. The van der Waals surface area contributed by atoms with Gasteiger partial charge in [-0.3, -0.25) is 14.5 Å². The van der Waals surface area contributed by atoms with E-state index < -0.39 is 17.8 Å². The number of piperazine rings is 1. The van der Waals surface area contributed by atoms with Crippen LogP contribution >= 0.6 is 12.2 Å². The summed E-state index contributed by atoms with van der Waals surface area (Å²) in [4.78, 5) is 37.5. The Kier molecular flexibility index (Phi) is 5.21. The van der Waals surface area contributed by atoms with Gasteiger partial charge in [0.25, 0.3) is 0 Å². The van der Waals surface area contributed by atoms with Crippen LogP contribution in [0.2, 0.25) is 0 Å². The van der Waals surface area contributed by atoms with Crippen molar-refractivity contribution in [3.05, 3.63) is 0 Å². The molecule has 7 heteroatoms. The molecule has 1 N–H and O–H groups in total. The van der Waals surface area contributed by atoms with E-state index >= 15 is 0 Å². The Hall–Kier alpha value is -1.50. The maximum atomic E-state index is 11.8. The highest BCUT2D eigenvalue weighted by Crippen LogP contribution is 2.05. The first-order chi connectivity index (χ1) is 8.54. The van der Waals surface area contributed by atoms with E-state index in [2.05, 4.69) is 22.9 Å². The third kappa shape index (κ3) is 3.04. The number of urea groups is 1. The van der Waals surface area contributed by atoms with E-state index in [4.69, 9.17) is 0 Å². The Morgan fingerprint density at radius 3 is 2.56 bits per heavy atom. The summed E-state index contributed by atoms with van der Waals surface area (Å²) in [5, 5.41) is 5.04. The molecule has 1 heterocycles. The Labute approximate surface area is 111 Å². The zero-order valence-electron chi connectivity index (χ0n) is 10.4. The SMILES string of the molecule is CCC([C]=S)NC(=O)N1CCN(CC)C(=O)C1=O. The van der Waals surface area contributed by atoms with Crippen LogP contribution in [0.1, 0.15) is 20.3 Å². The predicted molar refractivity (Wildman–Crippen MR) is 69.2 cm³/mol. The number of carbonyl (C=O) groups excluding carboxylic acids is 3. The van der Waals surface area contributed by atoms with E-state index in [1.54, 1.807) is 6.92 Å². The molecule has 4 amide bonds. The van der Waals surface area contributed by atoms with Crippen LogP contribution in [0.25, 0.3) is 0 Å². The molecule has 99 valence electrons. The molecule has 1 radical (unpaired) electrons. The zero-order valence-corrected chi connectivity index (χ0v) is 11.2. The van der Waals surface area contributed by atoms with Crippen LogP contribution in [0.4, 0.5) is 4.79 Å². The smallest absolute Gasteiger partial charge is 0.325 e. The molecule has 6 nitrogen and oxygen atoms in total. The van der Waals surface area contributed by atoms with E-state index in [0.29, 0.717) is 19.5 Å². The van der Waals surface area contributed by atoms with Crippen molar-refractivity contribution in [3.8, 4) is 0 Å². The van der Waals surface area contributed by atoms with Gasteiger partial charge in [0.2, 0.25) is 0 Å². The quantitative estimate of drug-likeness (QED) is 0.578. The van der Waals surface area contributed by atoms with E-state index in [-0.39, 0.29) is 12.6 Å². The third-order valence-electron chi connectivity index (χ3n) is 2.78. The van der Waals surface area contributed by atoms with Crippen molar-refractivity contribution in [2.45, 2.75) is 26.3 Å². The maximum absolute atomic E-state index is 11.8. The number of carbonyl (C=O) groups is 3. The van der Waals surface area contributed by atoms with Gasteiger partial charge < -0.3 is 10.2 Å². The number of nitrogens with one attached hydrogen (secondary N) is 1. The van der Waals surface area contributed by atoms with E-state index in [1.807, 2.05) is 6.92 Å². The van der Waals surface area contributed by atoms with Crippen LogP contribution in [0.5, 0.6) is 0 Å². The monoisotopic (exact) mass is 270 g/mol. The third-order valence-corrected chi connectivity index (χ3v) is 3.07. The number of likely N-dealkylation sites (N-methyl/N-ethyl adjacent to an activating group) is 1. The minimum Gasteiger partial charge on any atom is -0.333 e. The maximum Gasteiger partial charge on any atom is 0.325 e. The molecule has 1 aliphatic heterocycles. The summed E-state index contributed by atoms with van der Waals surface area (Å²) in [7, 11) is 0. The number of amides is 4.